The number of ether oxygens (including phenoxy) is 1. The van der Waals surface area contributed by atoms with Gasteiger partial charge in [-0.15, -0.1) is 0 Å². The van der Waals surface area contributed by atoms with Gasteiger partial charge < -0.3 is 10.1 Å². The van der Waals surface area contributed by atoms with E-state index in [0.29, 0.717) is 17.7 Å². The number of urea groups is 1. The molecule has 140 valence electrons. The highest BCUT2D eigenvalue weighted by atomic mass is 19.3. The zero-order valence-electron chi connectivity index (χ0n) is 13.9. The first-order valence-corrected chi connectivity index (χ1v) is 7.86. The molecule has 0 radical (unpaired) electrons. The highest BCUT2D eigenvalue weighted by molar-refractivity contribution is 6.45. The number of imide groups is 2. The van der Waals surface area contributed by atoms with Crippen LogP contribution in [0.3, 0.4) is 0 Å². The van der Waals surface area contributed by atoms with Crippen LogP contribution in [0, 0.1) is 0 Å². The van der Waals surface area contributed by atoms with Gasteiger partial charge in [0, 0.05) is 6.54 Å². The molecule has 5 amide bonds. The Bertz CT molecular complexity index is 726. The number of carbonyl (C=O) groups excluding carboxylic acids is 4. The lowest BCUT2D eigenvalue weighted by atomic mass is 10.3. The molecule has 26 heavy (non-hydrogen) atoms. The number of benzene rings is 1. The van der Waals surface area contributed by atoms with E-state index in [-0.39, 0.29) is 18.0 Å². The van der Waals surface area contributed by atoms with Crippen LogP contribution in [-0.4, -0.2) is 53.3 Å². The van der Waals surface area contributed by atoms with Crippen molar-refractivity contribution in [3.8, 4) is 5.75 Å². The van der Waals surface area contributed by atoms with E-state index in [2.05, 4.69) is 10.1 Å². The molecule has 1 fully saturated rings. The van der Waals surface area contributed by atoms with Crippen LogP contribution in [0.25, 0.3) is 0 Å². The Morgan fingerprint density at radius 1 is 1.15 bits per heavy atom. The van der Waals surface area contributed by atoms with E-state index in [4.69, 9.17) is 0 Å². The minimum absolute atomic E-state index is 0.0499. The molecule has 0 atom stereocenters. The predicted octanol–water partition coefficient (Wildman–Crippen LogP) is 1.82. The zero-order chi connectivity index (χ0) is 19.3. The first-order chi connectivity index (χ1) is 12.3. The first kappa shape index (κ1) is 19.3. The van der Waals surface area contributed by atoms with E-state index in [9.17, 15) is 28.0 Å². The highest BCUT2D eigenvalue weighted by Crippen LogP contribution is 2.25. The third-order valence-corrected chi connectivity index (χ3v) is 3.55. The topological polar surface area (TPSA) is 96.0 Å². The number of amides is 5. The van der Waals surface area contributed by atoms with E-state index < -0.39 is 36.9 Å². The Balaban J connectivity index is 2.05. The van der Waals surface area contributed by atoms with Crippen molar-refractivity contribution in [2.75, 3.05) is 18.4 Å². The monoisotopic (exact) mass is 369 g/mol. The lowest BCUT2D eigenvalue weighted by Gasteiger charge is -2.16. The van der Waals surface area contributed by atoms with Gasteiger partial charge in [0.15, 0.2) is 0 Å². The summed E-state index contributed by atoms with van der Waals surface area (Å²) in [6.45, 7) is -1.85. The normalized spacial score (nSPS) is 14.4. The van der Waals surface area contributed by atoms with Crippen LogP contribution in [0.15, 0.2) is 24.3 Å². The summed E-state index contributed by atoms with van der Waals surface area (Å²) < 4.78 is 29.0. The third kappa shape index (κ3) is 4.32. The number of hydrogen-bond donors (Lipinski definition) is 1. The van der Waals surface area contributed by atoms with Crippen LogP contribution in [0.5, 0.6) is 5.75 Å². The second-order valence-electron chi connectivity index (χ2n) is 5.41. The summed E-state index contributed by atoms with van der Waals surface area (Å²) in [5.41, 5.74) is -0.0499. The lowest BCUT2D eigenvalue weighted by Crippen LogP contribution is -2.39. The Kier molecular flexibility index (Phi) is 6.21. The number of para-hydroxylation sites is 2. The molecule has 2 rings (SSSR count). The quantitative estimate of drug-likeness (QED) is 0.557. The fraction of sp³-hybridized carbons (Fsp3) is 0.375. The minimum Gasteiger partial charge on any atom is -0.433 e. The largest absolute Gasteiger partial charge is 0.433 e. The Hall–Kier alpha value is -3.04. The molecule has 0 saturated carbocycles. The molecule has 1 aliphatic heterocycles. The second-order valence-corrected chi connectivity index (χ2v) is 5.41. The molecule has 0 bridgehead atoms. The fourth-order valence-electron chi connectivity index (χ4n) is 2.31. The van der Waals surface area contributed by atoms with E-state index in [1.807, 2.05) is 6.92 Å². The van der Waals surface area contributed by atoms with Crippen LogP contribution in [-0.2, 0) is 14.4 Å². The van der Waals surface area contributed by atoms with Gasteiger partial charge >= 0.3 is 24.5 Å². The number of anilines is 1. The predicted molar refractivity (Wildman–Crippen MR) is 85.4 cm³/mol. The van der Waals surface area contributed by atoms with Crippen LogP contribution < -0.4 is 10.1 Å². The van der Waals surface area contributed by atoms with Crippen LogP contribution in [0.2, 0.25) is 0 Å². The number of halogens is 2. The Morgan fingerprint density at radius 3 is 2.46 bits per heavy atom. The minimum atomic E-state index is -3.08. The van der Waals surface area contributed by atoms with Gasteiger partial charge in [-0.1, -0.05) is 25.5 Å². The van der Waals surface area contributed by atoms with Crippen molar-refractivity contribution in [2.45, 2.75) is 26.4 Å². The lowest BCUT2D eigenvalue weighted by molar-refractivity contribution is -0.143. The van der Waals surface area contributed by atoms with Gasteiger partial charge in [-0.2, -0.15) is 8.78 Å². The van der Waals surface area contributed by atoms with E-state index in [0.717, 1.165) is 4.90 Å². The summed E-state index contributed by atoms with van der Waals surface area (Å²) in [7, 11) is 0. The number of unbranched alkanes of at least 4 members (excludes halogenated alkanes) is 1. The van der Waals surface area contributed by atoms with Crippen LogP contribution in [0.1, 0.15) is 19.8 Å². The molecule has 1 saturated heterocycles. The van der Waals surface area contributed by atoms with Crippen LogP contribution >= 0.6 is 0 Å². The standard InChI is InChI=1S/C16H17F2N3O5/c1-2-3-8-20-13(23)14(24)21(16(20)25)9-12(22)19-10-6-4-5-7-11(10)26-15(17)18/h4-7,15H,2-3,8-9H2,1H3,(H,19,22). The van der Waals surface area contributed by atoms with Gasteiger partial charge in [0.25, 0.3) is 0 Å². The average molecular weight is 369 g/mol. The smallest absolute Gasteiger partial charge is 0.387 e. The molecule has 0 unspecified atom stereocenters. The maximum atomic E-state index is 12.4. The summed E-state index contributed by atoms with van der Waals surface area (Å²) in [5, 5.41) is 2.28. The molecule has 10 heteroatoms. The number of nitrogens with one attached hydrogen (secondary N) is 1. The number of nitrogens with zero attached hydrogens (tertiary/aromatic N) is 2. The van der Waals surface area contributed by atoms with Gasteiger partial charge in [-0.3, -0.25) is 19.3 Å². The van der Waals surface area contributed by atoms with Gasteiger partial charge in [-0.25, -0.2) is 9.69 Å². The van der Waals surface area contributed by atoms with Gasteiger partial charge in [0.2, 0.25) is 5.91 Å². The van der Waals surface area contributed by atoms with E-state index in [1.54, 1.807) is 0 Å². The zero-order valence-corrected chi connectivity index (χ0v) is 13.9. The summed E-state index contributed by atoms with van der Waals surface area (Å²) in [4.78, 5) is 49.3. The van der Waals surface area contributed by atoms with Gasteiger partial charge in [0.1, 0.15) is 12.3 Å². The van der Waals surface area contributed by atoms with Gasteiger partial charge in [-0.05, 0) is 18.6 Å². The maximum absolute atomic E-state index is 12.4. The average Bonchev–Trinajstić information content (AvgIpc) is 2.78. The van der Waals surface area contributed by atoms with Crippen molar-refractivity contribution in [3.05, 3.63) is 24.3 Å². The molecule has 1 aromatic carbocycles. The molecule has 0 spiro atoms. The number of alkyl halides is 2. The first-order valence-electron chi connectivity index (χ1n) is 7.86. The van der Waals surface area contributed by atoms with E-state index >= 15 is 0 Å². The summed E-state index contributed by atoms with van der Waals surface area (Å²) >= 11 is 0. The second kappa shape index (κ2) is 8.37. The maximum Gasteiger partial charge on any atom is 0.387 e. The molecule has 1 aliphatic rings. The molecular formula is C16H17F2N3O5. The summed E-state index contributed by atoms with van der Waals surface area (Å²) in [6, 6.07) is 4.59. The number of rotatable bonds is 8. The molecular weight excluding hydrogens is 352 g/mol. The highest BCUT2D eigenvalue weighted by Gasteiger charge is 2.44. The molecule has 0 aliphatic carbocycles. The SMILES string of the molecule is CCCCN1C(=O)C(=O)N(CC(=O)Nc2ccccc2OC(F)F)C1=O. The Labute approximate surface area is 147 Å². The van der Waals surface area contributed by atoms with Crippen LogP contribution in [0.4, 0.5) is 19.3 Å². The van der Waals surface area contributed by atoms with Gasteiger partial charge in [0.05, 0.1) is 5.69 Å². The van der Waals surface area contributed by atoms with Crippen molar-refractivity contribution in [2.24, 2.45) is 0 Å². The number of hydrogen-bond acceptors (Lipinski definition) is 5. The molecule has 0 aromatic heterocycles. The van der Waals surface area contributed by atoms with Crippen molar-refractivity contribution in [1.82, 2.24) is 9.80 Å². The number of carbonyl (C=O) groups is 4. The van der Waals surface area contributed by atoms with Crippen molar-refractivity contribution >= 4 is 29.4 Å². The van der Waals surface area contributed by atoms with Crippen molar-refractivity contribution < 1.29 is 32.7 Å². The molecule has 1 heterocycles. The molecule has 1 aromatic rings. The van der Waals surface area contributed by atoms with E-state index in [1.165, 1.54) is 24.3 Å². The van der Waals surface area contributed by atoms with Crippen molar-refractivity contribution in [1.29, 1.82) is 0 Å². The fourth-order valence-corrected chi connectivity index (χ4v) is 2.31. The summed E-state index contributed by atoms with van der Waals surface area (Å²) in [5.74, 6) is -3.19. The summed E-state index contributed by atoms with van der Waals surface area (Å²) in [6.07, 6.45) is 1.25. The Morgan fingerprint density at radius 2 is 1.81 bits per heavy atom. The van der Waals surface area contributed by atoms with Crippen molar-refractivity contribution in [3.63, 3.8) is 0 Å². The third-order valence-electron chi connectivity index (χ3n) is 3.55. The molecule has 1 N–H and O–H groups in total. The molecule has 8 nitrogen and oxygen atoms in total.